The summed E-state index contributed by atoms with van der Waals surface area (Å²) in [6, 6.07) is 0. The lowest BCUT2D eigenvalue weighted by molar-refractivity contribution is 1.37. The van der Waals surface area contributed by atoms with Crippen molar-refractivity contribution in [3.63, 3.8) is 0 Å². The van der Waals surface area contributed by atoms with Crippen molar-refractivity contribution in [1.82, 2.24) is 4.98 Å². The van der Waals surface area contributed by atoms with Crippen LogP contribution in [0.2, 0.25) is 0 Å². The predicted octanol–water partition coefficient (Wildman–Crippen LogP) is 1.53. The zero-order valence-corrected chi connectivity index (χ0v) is 5.33. The first-order valence-corrected chi connectivity index (χ1v) is 3.03. The van der Waals surface area contributed by atoms with Gasteiger partial charge >= 0.3 is 0 Å². The lowest BCUT2D eigenvalue weighted by Gasteiger charge is -1.83. The summed E-state index contributed by atoms with van der Waals surface area (Å²) in [5.41, 5.74) is 0. The second-order valence-electron chi connectivity index (χ2n) is 1.42. The maximum Gasteiger partial charge on any atom is 0.183 e. The van der Waals surface area contributed by atoms with Crippen LogP contribution >= 0.6 is 11.3 Å². The molecule has 0 aliphatic carbocycles. The summed E-state index contributed by atoms with van der Waals surface area (Å²) in [7, 11) is 5.06. The van der Waals surface area contributed by atoms with Crippen LogP contribution in [-0.4, -0.2) is 4.98 Å². The Hall–Kier alpha value is -0.570. The molecule has 0 unspecified atom stereocenters. The molecule has 1 aromatic rings. The minimum absolute atomic E-state index is 0.766. The number of nitrogens with one attached hydrogen (secondary N) is 1. The van der Waals surface area contributed by atoms with Crippen LogP contribution in [0.1, 0.15) is 4.88 Å². The van der Waals surface area contributed by atoms with Crippen molar-refractivity contribution in [2.24, 2.45) is 0 Å². The van der Waals surface area contributed by atoms with E-state index in [0.717, 1.165) is 10.0 Å². The second-order valence-corrected chi connectivity index (χ2v) is 2.66. The van der Waals surface area contributed by atoms with E-state index in [0.29, 0.717) is 0 Å². The van der Waals surface area contributed by atoms with Gasteiger partial charge in [0.05, 0.1) is 7.05 Å². The highest BCUT2D eigenvalue weighted by atomic mass is 32.1. The minimum atomic E-state index is 0.766. The van der Waals surface area contributed by atoms with E-state index in [9.17, 15) is 0 Å². The van der Waals surface area contributed by atoms with Gasteiger partial charge in [-0.25, -0.2) is 4.98 Å². The molecular formula is C5H6N2S. The van der Waals surface area contributed by atoms with Gasteiger partial charge in [-0.15, -0.1) is 11.3 Å². The zero-order chi connectivity index (χ0) is 5.98. The predicted molar refractivity (Wildman–Crippen MR) is 34.8 cm³/mol. The Morgan fingerprint density at radius 3 is 2.88 bits per heavy atom. The Bertz CT molecular complexity index is 171. The summed E-state index contributed by atoms with van der Waals surface area (Å²) >= 11 is 1.54. The van der Waals surface area contributed by atoms with Gasteiger partial charge in [0.25, 0.3) is 0 Å². The summed E-state index contributed by atoms with van der Waals surface area (Å²) in [5, 5.41) is 3.22. The first-order valence-electron chi connectivity index (χ1n) is 2.22. The van der Waals surface area contributed by atoms with Crippen molar-refractivity contribution in [1.29, 1.82) is 0 Å². The van der Waals surface area contributed by atoms with Gasteiger partial charge in [-0.05, 0) is 6.92 Å². The van der Waals surface area contributed by atoms with E-state index in [1.165, 1.54) is 0 Å². The molecule has 1 aromatic heterocycles. The lowest BCUT2D eigenvalue weighted by atomic mass is 10.7. The number of rotatable bonds is 1. The first kappa shape index (κ1) is 5.56. The van der Waals surface area contributed by atoms with Gasteiger partial charge < -0.3 is 5.32 Å². The molecular weight excluding hydrogens is 120 g/mol. The fourth-order valence-corrected chi connectivity index (χ4v) is 0.996. The molecule has 0 amide bonds. The van der Waals surface area contributed by atoms with Crippen LogP contribution in [0.4, 0.5) is 5.13 Å². The molecule has 0 saturated heterocycles. The Kier molecular flexibility index (Phi) is 1.48. The Balaban J connectivity index is 2.84. The Morgan fingerprint density at radius 1 is 1.88 bits per heavy atom. The molecule has 0 fully saturated rings. The third-order valence-corrected chi connectivity index (χ3v) is 1.59. The van der Waals surface area contributed by atoms with Crippen molar-refractivity contribution in [2.45, 2.75) is 6.92 Å². The van der Waals surface area contributed by atoms with Crippen molar-refractivity contribution in [3.05, 3.63) is 18.1 Å². The molecule has 3 heteroatoms. The molecule has 2 radical (unpaired) electrons. The van der Waals surface area contributed by atoms with E-state index < -0.39 is 0 Å². The summed E-state index contributed by atoms with van der Waals surface area (Å²) in [5.74, 6) is 0. The Morgan fingerprint density at radius 2 is 2.62 bits per heavy atom. The van der Waals surface area contributed by atoms with Gasteiger partial charge in [0.1, 0.15) is 0 Å². The van der Waals surface area contributed by atoms with Gasteiger partial charge in [-0.1, -0.05) is 0 Å². The molecule has 0 saturated carbocycles. The largest absolute Gasteiger partial charge is 0.354 e. The smallest absolute Gasteiger partial charge is 0.183 e. The quantitative estimate of drug-likeness (QED) is 0.577. The zero-order valence-electron chi connectivity index (χ0n) is 4.51. The summed E-state index contributed by atoms with van der Waals surface area (Å²) < 4.78 is 0. The number of hydrogen-bond acceptors (Lipinski definition) is 3. The molecule has 0 aromatic carbocycles. The van der Waals surface area contributed by atoms with Crippen molar-refractivity contribution < 1.29 is 0 Å². The van der Waals surface area contributed by atoms with Crippen molar-refractivity contribution in [3.8, 4) is 0 Å². The highest BCUT2D eigenvalue weighted by Crippen LogP contribution is 2.15. The van der Waals surface area contributed by atoms with Gasteiger partial charge in [0, 0.05) is 11.1 Å². The standard InChI is InChI=1S/C5H6N2S/c1-4-3-7-5(6-2)8-4/h2-3H,1H3,(H,6,7). The molecule has 0 spiro atoms. The maximum absolute atomic E-state index is 5.06. The molecule has 1 rings (SSSR count). The van der Waals surface area contributed by atoms with Crippen LogP contribution < -0.4 is 5.32 Å². The number of aryl methyl sites for hydroxylation is 1. The molecule has 0 aliphatic heterocycles. The summed E-state index contributed by atoms with van der Waals surface area (Å²) in [6.07, 6.45) is 1.78. The van der Waals surface area contributed by atoms with Gasteiger partial charge in [0.2, 0.25) is 0 Å². The van der Waals surface area contributed by atoms with E-state index in [4.69, 9.17) is 7.05 Å². The number of nitrogens with zero attached hydrogens (tertiary/aromatic N) is 1. The molecule has 8 heavy (non-hydrogen) atoms. The van der Waals surface area contributed by atoms with Crippen LogP contribution in [0, 0.1) is 14.0 Å². The Labute approximate surface area is 52.6 Å². The van der Waals surface area contributed by atoms with Crippen molar-refractivity contribution in [2.75, 3.05) is 5.32 Å². The first-order chi connectivity index (χ1) is 3.83. The average molecular weight is 126 g/mol. The van der Waals surface area contributed by atoms with Crippen LogP contribution in [0.25, 0.3) is 0 Å². The van der Waals surface area contributed by atoms with Gasteiger partial charge in [-0.3, -0.25) is 0 Å². The van der Waals surface area contributed by atoms with Crippen LogP contribution in [0.15, 0.2) is 6.20 Å². The molecule has 0 aliphatic rings. The number of thiazole rings is 1. The fraction of sp³-hybridized carbons (Fsp3) is 0.200. The van der Waals surface area contributed by atoms with E-state index in [1.54, 1.807) is 17.5 Å². The van der Waals surface area contributed by atoms with Gasteiger partial charge in [-0.2, -0.15) is 0 Å². The summed E-state index contributed by atoms with van der Waals surface area (Å²) in [4.78, 5) is 5.08. The minimum Gasteiger partial charge on any atom is -0.354 e. The molecule has 0 bridgehead atoms. The van der Waals surface area contributed by atoms with E-state index in [2.05, 4.69) is 10.3 Å². The van der Waals surface area contributed by atoms with Gasteiger partial charge in [0.15, 0.2) is 5.13 Å². The SMILES string of the molecule is [CH]Nc1ncc(C)s1. The van der Waals surface area contributed by atoms with E-state index >= 15 is 0 Å². The normalized spacial score (nSPS) is 9.25. The fourth-order valence-electron chi connectivity index (χ4n) is 0.421. The molecule has 1 heterocycles. The van der Waals surface area contributed by atoms with Crippen LogP contribution in [-0.2, 0) is 0 Å². The third-order valence-electron chi connectivity index (χ3n) is 0.745. The molecule has 2 nitrogen and oxygen atoms in total. The number of hydrogen-bond donors (Lipinski definition) is 1. The van der Waals surface area contributed by atoms with Crippen LogP contribution in [0.5, 0.6) is 0 Å². The monoisotopic (exact) mass is 126 g/mol. The number of aromatic nitrogens is 1. The van der Waals surface area contributed by atoms with E-state index in [1.807, 2.05) is 6.92 Å². The average Bonchev–Trinajstić information content (AvgIpc) is 2.14. The molecule has 1 N–H and O–H groups in total. The topological polar surface area (TPSA) is 24.9 Å². The third kappa shape index (κ3) is 0.980. The van der Waals surface area contributed by atoms with E-state index in [-0.39, 0.29) is 0 Å². The molecule has 42 valence electrons. The molecule has 0 atom stereocenters. The summed E-state index contributed by atoms with van der Waals surface area (Å²) in [6.45, 7) is 1.98. The second kappa shape index (κ2) is 2.13. The highest BCUT2D eigenvalue weighted by molar-refractivity contribution is 7.15. The highest BCUT2D eigenvalue weighted by Gasteiger charge is 1.90. The number of anilines is 1. The van der Waals surface area contributed by atoms with Crippen molar-refractivity contribution >= 4 is 16.5 Å². The maximum atomic E-state index is 5.06. The van der Waals surface area contributed by atoms with Crippen LogP contribution in [0.3, 0.4) is 0 Å². The lowest BCUT2D eigenvalue weighted by Crippen LogP contribution is -1.78.